The molecule has 1 fully saturated rings. The van der Waals surface area contributed by atoms with Crippen molar-refractivity contribution in [1.29, 1.82) is 0 Å². The van der Waals surface area contributed by atoms with Crippen molar-refractivity contribution in [3.05, 3.63) is 0 Å². The zero-order valence-corrected chi connectivity index (χ0v) is 13.0. The first-order chi connectivity index (χ1) is 8.74. The van der Waals surface area contributed by atoms with Crippen LogP contribution in [0.15, 0.2) is 0 Å². The van der Waals surface area contributed by atoms with Gasteiger partial charge in [0.15, 0.2) is 0 Å². The van der Waals surface area contributed by atoms with Gasteiger partial charge in [0.1, 0.15) is 0 Å². The van der Waals surface area contributed by atoms with E-state index >= 15 is 0 Å². The molecule has 1 rings (SSSR count). The number of hydrogen-bond donors (Lipinski definition) is 1. The lowest BCUT2D eigenvalue weighted by atomic mass is 9.98. The molecule has 1 aliphatic rings. The minimum absolute atomic E-state index is 0.789. The lowest BCUT2D eigenvalue weighted by molar-refractivity contribution is 0.213. The van der Waals surface area contributed by atoms with E-state index in [-0.39, 0.29) is 0 Å². The first-order valence-corrected chi connectivity index (χ1v) is 8.14. The minimum atomic E-state index is 0.789. The van der Waals surface area contributed by atoms with Crippen molar-refractivity contribution in [2.75, 3.05) is 26.7 Å². The molecule has 2 heteroatoms. The Labute approximate surface area is 115 Å². The Balaban J connectivity index is 2.30. The van der Waals surface area contributed by atoms with Gasteiger partial charge in [-0.2, -0.15) is 0 Å². The smallest absolute Gasteiger partial charge is 0.00928 e. The van der Waals surface area contributed by atoms with Crippen LogP contribution in [0.3, 0.4) is 0 Å². The zero-order valence-electron chi connectivity index (χ0n) is 13.0. The normalized spacial score (nSPS) is 24.3. The molecule has 1 N–H and O–H groups in total. The van der Waals surface area contributed by atoms with Crippen molar-refractivity contribution in [2.24, 2.45) is 11.8 Å². The molecule has 0 aromatic carbocycles. The molecule has 0 aromatic heterocycles. The molecule has 2 atom stereocenters. The molecule has 108 valence electrons. The Morgan fingerprint density at radius 1 is 1.17 bits per heavy atom. The van der Waals surface area contributed by atoms with Crippen LogP contribution in [-0.4, -0.2) is 37.6 Å². The van der Waals surface area contributed by atoms with Crippen molar-refractivity contribution < 1.29 is 0 Å². The predicted octanol–water partition coefficient (Wildman–Crippen LogP) is 3.52. The van der Waals surface area contributed by atoms with Crippen LogP contribution in [0, 0.1) is 11.8 Å². The van der Waals surface area contributed by atoms with Crippen LogP contribution in [0.1, 0.15) is 59.3 Å². The summed E-state index contributed by atoms with van der Waals surface area (Å²) in [5.74, 6) is 1.82. The number of nitrogens with zero attached hydrogens (tertiary/aromatic N) is 1. The van der Waals surface area contributed by atoms with Gasteiger partial charge in [-0.3, -0.25) is 0 Å². The third-order valence-corrected chi connectivity index (χ3v) is 4.96. The van der Waals surface area contributed by atoms with E-state index in [1.807, 2.05) is 0 Å². The summed E-state index contributed by atoms with van der Waals surface area (Å²) in [5, 5.41) is 3.50. The third kappa shape index (κ3) is 4.89. The second kappa shape index (κ2) is 8.92. The van der Waals surface area contributed by atoms with Crippen LogP contribution in [-0.2, 0) is 0 Å². The highest BCUT2D eigenvalue weighted by atomic mass is 15.1. The molecule has 0 radical (unpaired) electrons. The average molecular weight is 254 g/mol. The Kier molecular flexibility index (Phi) is 7.92. The lowest BCUT2D eigenvalue weighted by Crippen LogP contribution is -2.34. The SMILES string of the molecule is CCC(CC)CN(CC)CCC1CCCC1NC. The van der Waals surface area contributed by atoms with Gasteiger partial charge in [0.25, 0.3) is 0 Å². The van der Waals surface area contributed by atoms with Gasteiger partial charge in [-0.1, -0.05) is 40.0 Å². The maximum absolute atomic E-state index is 3.50. The molecule has 1 saturated carbocycles. The quantitative estimate of drug-likeness (QED) is 0.677. The van der Waals surface area contributed by atoms with E-state index < -0.39 is 0 Å². The van der Waals surface area contributed by atoms with E-state index in [0.29, 0.717) is 0 Å². The largest absolute Gasteiger partial charge is 0.317 e. The number of hydrogen-bond acceptors (Lipinski definition) is 2. The lowest BCUT2D eigenvalue weighted by Gasteiger charge is -2.27. The highest BCUT2D eigenvalue weighted by Crippen LogP contribution is 2.28. The Bertz CT molecular complexity index is 201. The Morgan fingerprint density at radius 2 is 1.89 bits per heavy atom. The average Bonchev–Trinajstić information content (AvgIpc) is 2.86. The molecular weight excluding hydrogens is 220 g/mol. The molecule has 0 bridgehead atoms. The molecule has 1 aliphatic carbocycles. The van der Waals surface area contributed by atoms with Gasteiger partial charge >= 0.3 is 0 Å². The molecule has 0 saturated heterocycles. The van der Waals surface area contributed by atoms with Crippen molar-refractivity contribution in [1.82, 2.24) is 10.2 Å². The topological polar surface area (TPSA) is 15.3 Å². The van der Waals surface area contributed by atoms with E-state index in [2.05, 4.69) is 38.0 Å². The summed E-state index contributed by atoms with van der Waals surface area (Å²) >= 11 is 0. The second-order valence-corrected chi connectivity index (χ2v) is 5.95. The fourth-order valence-electron chi connectivity index (χ4n) is 3.40. The van der Waals surface area contributed by atoms with Crippen LogP contribution < -0.4 is 5.32 Å². The van der Waals surface area contributed by atoms with E-state index in [0.717, 1.165) is 17.9 Å². The van der Waals surface area contributed by atoms with Crippen molar-refractivity contribution in [2.45, 2.75) is 65.3 Å². The monoisotopic (exact) mass is 254 g/mol. The molecule has 0 heterocycles. The molecule has 2 unspecified atom stereocenters. The van der Waals surface area contributed by atoms with Crippen LogP contribution in [0.5, 0.6) is 0 Å². The van der Waals surface area contributed by atoms with Gasteiger partial charge in [0.05, 0.1) is 0 Å². The second-order valence-electron chi connectivity index (χ2n) is 5.95. The highest BCUT2D eigenvalue weighted by Gasteiger charge is 2.25. The van der Waals surface area contributed by atoms with E-state index in [1.54, 1.807) is 0 Å². The Morgan fingerprint density at radius 3 is 2.44 bits per heavy atom. The first-order valence-electron chi connectivity index (χ1n) is 8.14. The summed E-state index contributed by atoms with van der Waals surface area (Å²) in [6, 6.07) is 0.789. The van der Waals surface area contributed by atoms with E-state index in [4.69, 9.17) is 0 Å². The predicted molar refractivity (Wildman–Crippen MR) is 81.0 cm³/mol. The minimum Gasteiger partial charge on any atom is -0.317 e. The molecule has 18 heavy (non-hydrogen) atoms. The van der Waals surface area contributed by atoms with Gasteiger partial charge in [0, 0.05) is 12.6 Å². The first kappa shape index (κ1) is 16.0. The fourth-order valence-corrected chi connectivity index (χ4v) is 3.40. The summed E-state index contributed by atoms with van der Waals surface area (Å²) in [6.07, 6.45) is 8.30. The number of nitrogens with one attached hydrogen (secondary N) is 1. The summed E-state index contributed by atoms with van der Waals surface area (Å²) in [6.45, 7) is 10.8. The summed E-state index contributed by atoms with van der Waals surface area (Å²) < 4.78 is 0. The Hall–Kier alpha value is -0.0800. The maximum atomic E-state index is 3.50. The van der Waals surface area contributed by atoms with Crippen LogP contribution in [0.4, 0.5) is 0 Å². The summed E-state index contributed by atoms with van der Waals surface area (Å²) in [5.41, 5.74) is 0. The van der Waals surface area contributed by atoms with Crippen LogP contribution in [0.25, 0.3) is 0 Å². The van der Waals surface area contributed by atoms with Gasteiger partial charge in [-0.25, -0.2) is 0 Å². The zero-order chi connectivity index (χ0) is 13.4. The standard InChI is InChI=1S/C16H34N2/c1-5-14(6-2)13-18(7-3)12-11-15-9-8-10-16(15)17-4/h14-17H,5-13H2,1-4H3. The highest BCUT2D eigenvalue weighted by molar-refractivity contribution is 4.82. The van der Waals surface area contributed by atoms with Gasteiger partial charge in [-0.15, -0.1) is 0 Å². The van der Waals surface area contributed by atoms with Crippen LogP contribution >= 0.6 is 0 Å². The molecule has 0 aliphatic heterocycles. The molecular formula is C16H34N2. The molecule has 0 spiro atoms. The van der Waals surface area contributed by atoms with Crippen molar-refractivity contribution >= 4 is 0 Å². The van der Waals surface area contributed by atoms with Crippen LogP contribution in [0.2, 0.25) is 0 Å². The molecule has 0 aromatic rings. The summed E-state index contributed by atoms with van der Waals surface area (Å²) in [7, 11) is 2.13. The van der Waals surface area contributed by atoms with Gasteiger partial charge in [-0.05, 0) is 51.2 Å². The van der Waals surface area contributed by atoms with E-state index in [1.165, 1.54) is 58.2 Å². The van der Waals surface area contributed by atoms with E-state index in [9.17, 15) is 0 Å². The maximum Gasteiger partial charge on any atom is 0.00928 e. The summed E-state index contributed by atoms with van der Waals surface area (Å²) in [4.78, 5) is 2.67. The molecule has 0 amide bonds. The fraction of sp³-hybridized carbons (Fsp3) is 1.00. The number of rotatable bonds is 9. The van der Waals surface area contributed by atoms with Gasteiger partial charge in [0.2, 0.25) is 0 Å². The third-order valence-electron chi connectivity index (χ3n) is 4.96. The van der Waals surface area contributed by atoms with Crippen molar-refractivity contribution in [3.63, 3.8) is 0 Å². The van der Waals surface area contributed by atoms with Crippen molar-refractivity contribution in [3.8, 4) is 0 Å². The molecule has 2 nitrogen and oxygen atoms in total. The van der Waals surface area contributed by atoms with Gasteiger partial charge < -0.3 is 10.2 Å².